The topological polar surface area (TPSA) is 157 Å². The second kappa shape index (κ2) is 10.6. The summed E-state index contributed by atoms with van der Waals surface area (Å²) in [6.07, 6.45) is 5.38. The van der Waals surface area contributed by atoms with E-state index in [2.05, 4.69) is 16.0 Å². The summed E-state index contributed by atoms with van der Waals surface area (Å²) in [5.74, 6) is -1.00. The van der Waals surface area contributed by atoms with Crippen LogP contribution in [0.3, 0.4) is 0 Å². The van der Waals surface area contributed by atoms with Crippen LogP contribution in [0.15, 0.2) is 42.5 Å². The van der Waals surface area contributed by atoms with E-state index in [0.29, 0.717) is 11.3 Å². The van der Waals surface area contributed by atoms with Gasteiger partial charge in [0.25, 0.3) is 23.2 Å². The molecule has 0 unspecified atom stereocenters. The molecule has 3 rings (SSSR count). The van der Waals surface area contributed by atoms with Crippen LogP contribution >= 0.6 is 12.2 Å². The summed E-state index contributed by atoms with van der Waals surface area (Å²) in [5, 5.41) is 30.0. The lowest BCUT2D eigenvalue weighted by Crippen LogP contribution is -2.36. The van der Waals surface area contributed by atoms with Gasteiger partial charge in [-0.1, -0.05) is 19.3 Å². The number of hydrogen-bond donors (Lipinski definition) is 3. The van der Waals surface area contributed by atoms with Crippen LogP contribution < -0.4 is 16.0 Å². The summed E-state index contributed by atoms with van der Waals surface area (Å²) >= 11 is 5.08. The van der Waals surface area contributed by atoms with E-state index in [0.717, 1.165) is 43.9 Å². The molecule has 1 aliphatic carbocycles. The molecule has 0 atom stereocenters. The summed E-state index contributed by atoms with van der Waals surface area (Å²) in [4.78, 5) is 45.1. The van der Waals surface area contributed by atoms with Crippen LogP contribution in [0.25, 0.3) is 0 Å². The molecule has 2 aromatic carbocycles. The Kier molecular flexibility index (Phi) is 7.61. The summed E-state index contributed by atoms with van der Waals surface area (Å²) in [5.41, 5.74) is -0.468. The smallest absolute Gasteiger partial charge is 0.277 e. The van der Waals surface area contributed by atoms with Gasteiger partial charge in [0.2, 0.25) is 0 Å². The van der Waals surface area contributed by atoms with Crippen molar-refractivity contribution in [2.24, 2.45) is 0 Å². The first kappa shape index (κ1) is 23.7. The van der Waals surface area contributed by atoms with Gasteiger partial charge in [-0.05, 0) is 49.3 Å². The molecule has 1 fully saturated rings. The molecule has 0 aliphatic heterocycles. The van der Waals surface area contributed by atoms with Gasteiger partial charge in [0, 0.05) is 29.4 Å². The maximum Gasteiger partial charge on any atom is 0.277 e. The van der Waals surface area contributed by atoms with E-state index in [4.69, 9.17) is 12.2 Å². The second-order valence-electron chi connectivity index (χ2n) is 7.55. The lowest BCUT2D eigenvalue weighted by atomic mass is 9.95. The SMILES string of the molecule is O=C(NC(=S)Nc1ccc(C(=O)NC2CCCCC2)cc1)c1cc([N+](=O)[O-])cc([N+](=O)[O-])c1. The second-order valence-corrected chi connectivity index (χ2v) is 7.95. The maximum absolute atomic E-state index is 12.4. The average molecular weight is 471 g/mol. The number of rotatable bonds is 6. The first-order chi connectivity index (χ1) is 15.7. The number of nitro benzene ring substituents is 2. The third-order valence-electron chi connectivity index (χ3n) is 5.16. The summed E-state index contributed by atoms with van der Waals surface area (Å²) in [6, 6.07) is 9.27. The van der Waals surface area contributed by atoms with Crippen LogP contribution in [0.1, 0.15) is 52.8 Å². The fraction of sp³-hybridized carbons (Fsp3) is 0.286. The first-order valence-corrected chi connectivity index (χ1v) is 10.6. The zero-order chi connectivity index (χ0) is 24.0. The van der Waals surface area contributed by atoms with Gasteiger partial charge in [0.15, 0.2) is 5.11 Å². The molecule has 2 aromatic rings. The average Bonchev–Trinajstić information content (AvgIpc) is 2.79. The number of benzene rings is 2. The minimum absolute atomic E-state index is 0.117. The van der Waals surface area contributed by atoms with Crippen molar-refractivity contribution in [2.75, 3.05) is 5.32 Å². The molecule has 11 nitrogen and oxygen atoms in total. The Labute approximate surface area is 193 Å². The van der Waals surface area contributed by atoms with Gasteiger partial charge in [-0.25, -0.2) is 0 Å². The molecule has 12 heteroatoms. The number of nitro groups is 2. The molecule has 2 amide bonds. The van der Waals surface area contributed by atoms with Gasteiger partial charge >= 0.3 is 0 Å². The molecule has 0 bridgehead atoms. The highest BCUT2D eigenvalue weighted by Gasteiger charge is 2.21. The Hall–Kier alpha value is -3.93. The number of thiocarbonyl (C=S) groups is 1. The molecule has 0 spiro atoms. The molecule has 0 saturated heterocycles. The molecule has 0 heterocycles. The van der Waals surface area contributed by atoms with E-state index < -0.39 is 27.1 Å². The number of nitrogens with one attached hydrogen (secondary N) is 3. The molecule has 172 valence electrons. The van der Waals surface area contributed by atoms with Crippen LogP contribution in [0.5, 0.6) is 0 Å². The van der Waals surface area contributed by atoms with E-state index in [1.54, 1.807) is 24.3 Å². The first-order valence-electron chi connectivity index (χ1n) is 10.2. The van der Waals surface area contributed by atoms with E-state index in [1.807, 2.05) is 0 Å². The minimum atomic E-state index is -0.845. The number of anilines is 1. The molecule has 3 N–H and O–H groups in total. The van der Waals surface area contributed by atoms with E-state index in [1.165, 1.54) is 6.42 Å². The molecule has 1 aliphatic rings. The van der Waals surface area contributed by atoms with E-state index in [9.17, 15) is 29.8 Å². The number of hydrogen-bond acceptors (Lipinski definition) is 7. The largest absolute Gasteiger partial charge is 0.349 e. The van der Waals surface area contributed by atoms with Crippen molar-refractivity contribution in [3.8, 4) is 0 Å². The van der Waals surface area contributed by atoms with E-state index in [-0.39, 0.29) is 22.6 Å². The molecular formula is C21H21N5O6S. The summed E-state index contributed by atoms with van der Waals surface area (Å²) in [7, 11) is 0. The van der Waals surface area contributed by atoms with Gasteiger partial charge in [-0.3, -0.25) is 35.1 Å². The van der Waals surface area contributed by atoms with Crippen LogP contribution in [0.4, 0.5) is 17.1 Å². The van der Waals surface area contributed by atoms with Crippen molar-refractivity contribution in [3.63, 3.8) is 0 Å². The molecular weight excluding hydrogens is 450 g/mol. The monoisotopic (exact) mass is 471 g/mol. The zero-order valence-corrected chi connectivity index (χ0v) is 18.2. The zero-order valence-electron chi connectivity index (χ0n) is 17.4. The normalized spacial score (nSPS) is 13.6. The van der Waals surface area contributed by atoms with Gasteiger partial charge in [0.05, 0.1) is 21.5 Å². The Bertz CT molecular complexity index is 1070. The quantitative estimate of drug-likeness (QED) is 0.327. The number of amides is 2. The third-order valence-corrected chi connectivity index (χ3v) is 5.36. The van der Waals surface area contributed by atoms with Gasteiger partial charge in [0.1, 0.15) is 0 Å². The van der Waals surface area contributed by atoms with E-state index >= 15 is 0 Å². The number of carbonyl (C=O) groups excluding carboxylic acids is 2. The summed E-state index contributed by atoms with van der Waals surface area (Å²) in [6.45, 7) is 0. The Morgan fingerprint density at radius 1 is 0.848 bits per heavy atom. The highest BCUT2D eigenvalue weighted by Crippen LogP contribution is 2.23. The predicted molar refractivity (Wildman–Crippen MR) is 124 cm³/mol. The third kappa shape index (κ3) is 6.53. The van der Waals surface area contributed by atoms with Crippen molar-refractivity contribution >= 4 is 46.2 Å². The Morgan fingerprint density at radius 2 is 1.42 bits per heavy atom. The fourth-order valence-electron chi connectivity index (χ4n) is 3.50. The van der Waals surface area contributed by atoms with Gasteiger partial charge in [-0.2, -0.15) is 0 Å². The van der Waals surface area contributed by atoms with Gasteiger partial charge < -0.3 is 10.6 Å². The molecule has 33 heavy (non-hydrogen) atoms. The van der Waals surface area contributed by atoms with Crippen molar-refractivity contribution in [1.29, 1.82) is 0 Å². The van der Waals surface area contributed by atoms with Crippen LogP contribution in [-0.4, -0.2) is 32.8 Å². The number of nitrogens with zero attached hydrogens (tertiary/aromatic N) is 2. The minimum Gasteiger partial charge on any atom is -0.349 e. The number of carbonyl (C=O) groups is 2. The van der Waals surface area contributed by atoms with Crippen molar-refractivity contribution in [1.82, 2.24) is 10.6 Å². The lowest BCUT2D eigenvalue weighted by Gasteiger charge is -2.22. The molecule has 0 radical (unpaired) electrons. The Morgan fingerprint density at radius 3 is 1.97 bits per heavy atom. The van der Waals surface area contributed by atoms with Crippen molar-refractivity contribution < 1.29 is 19.4 Å². The highest BCUT2D eigenvalue weighted by molar-refractivity contribution is 7.80. The lowest BCUT2D eigenvalue weighted by molar-refractivity contribution is -0.394. The van der Waals surface area contributed by atoms with Crippen molar-refractivity contribution in [3.05, 3.63) is 73.8 Å². The number of non-ortho nitro benzene ring substituents is 2. The molecule has 1 saturated carbocycles. The van der Waals surface area contributed by atoms with Gasteiger partial charge in [-0.15, -0.1) is 0 Å². The van der Waals surface area contributed by atoms with Crippen LogP contribution in [0.2, 0.25) is 0 Å². The predicted octanol–water partition coefficient (Wildman–Crippen LogP) is 3.69. The van der Waals surface area contributed by atoms with Crippen LogP contribution in [-0.2, 0) is 0 Å². The highest BCUT2D eigenvalue weighted by atomic mass is 32.1. The fourth-order valence-corrected chi connectivity index (χ4v) is 3.71. The van der Waals surface area contributed by atoms with Crippen molar-refractivity contribution in [2.45, 2.75) is 38.1 Å². The summed E-state index contributed by atoms with van der Waals surface area (Å²) < 4.78 is 0. The molecule has 0 aromatic heterocycles. The van der Waals surface area contributed by atoms with Crippen LogP contribution in [0, 0.1) is 20.2 Å². The Balaban J connectivity index is 1.60. The maximum atomic E-state index is 12.4. The standard InChI is InChI=1S/C21H21N5O6S/c27-19(22-15-4-2-1-3-5-15)13-6-8-16(9-7-13)23-21(33)24-20(28)14-10-17(25(29)30)12-18(11-14)26(31)32/h6-12,15H,1-5H2,(H,22,27)(H2,23,24,28,33).